The second kappa shape index (κ2) is 9.09. The Morgan fingerprint density at radius 3 is 2.27 bits per heavy atom. The molecule has 0 aliphatic rings. The zero-order valence-electron chi connectivity index (χ0n) is 14.5. The smallest absolute Gasteiger partial charge is 0.0458 e. The Morgan fingerprint density at radius 1 is 1.18 bits per heavy atom. The quantitative estimate of drug-likeness (QED) is 0.490. The Bertz CT molecular complexity index is 544. The summed E-state index contributed by atoms with van der Waals surface area (Å²) in [6.45, 7) is 16.8. The van der Waals surface area contributed by atoms with Crippen molar-refractivity contribution >= 4 is 5.69 Å². The van der Waals surface area contributed by atoms with Crippen LogP contribution >= 0.6 is 0 Å². The van der Waals surface area contributed by atoms with Gasteiger partial charge in [-0.2, -0.15) is 0 Å². The van der Waals surface area contributed by atoms with Crippen molar-refractivity contribution in [3.8, 4) is 0 Å². The van der Waals surface area contributed by atoms with E-state index in [9.17, 15) is 0 Å². The van der Waals surface area contributed by atoms with Crippen molar-refractivity contribution in [2.75, 3.05) is 4.90 Å². The van der Waals surface area contributed by atoms with Crippen LogP contribution in [-0.2, 0) is 0 Å². The number of allylic oxidation sites excluding steroid dienone is 5. The van der Waals surface area contributed by atoms with Crippen molar-refractivity contribution in [3.63, 3.8) is 0 Å². The van der Waals surface area contributed by atoms with E-state index in [1.807, 2.05) is 6.08 Å². The minimum Gasteiger partial charge on any atom is -0.315 e. The van der Waals surface area contributed by atoms with E-state index in [-0.39, 0.29) is 0 Å². The molecule has 0 unspecified atom stereocenters. The lowest BCUT2D eigenvalue weighted by atomic mass is 10.0. The van der Waals surface area contributed by atoms with Crippen LogP contribution in [0.1, 0.15) is 52.0 Å². The number of benzene rings is 1. The molecule has 0 saturated carbocycles. The first-order chi connectivity index (χ1) is 10.5. The summed E-state index contributed by atoms with van der Waals surface area (Å²) in [7, 11) is 0. The Hall–Kier alpha value is -2.02. The Labute approximate surface area is 136 Å². The average Bonchev–Trinajstić information content (AvgIpc) is 2.52. The normalized spacial score (nSPS) is 12.0. The molecular formula is C21H29N. The Morgan fingerprint density at radius 2 is 1.82 bits per heavy atom. The SMILES string of the molecule is C=C/C=C(\CC)N(C(=C)/C=C\CC)c1ccc(C(C)C)cc1. The highest BCUT2D eigenvalue weighted by atomic mass is 15.1. The number of hydrogen-bond donors (Lipinski definition) is 0. The monoisotopic (exact) mass is 295 g/mol. The van der Waals surface area contributed by atoms with Crippen molar-refractivity contribution in [1.29, 1.82) is 0 Å². The van der Waals surface area contributed by atoms with E-state index in [0.717, 1.165) is 24.2 Å². The topological polar surface area (TPSA) is 3.24 Å². The van der Waals surface area contributed by atoms with E-state index in [2.05, 4.69) is 88.2 Å². The Balaban J connectivity index is 3.24. The van der Waals surface area contributed by atoms with Crippen LogP contribution in [0.2, 0.25) is 0 Å². The van der Waals surface area contributed by atoms with Crippen molar-refractivity contribution in [2.24, 2.45) is 0 Å². The summed E-state index contributed by atoms with van der Waals surface area (Å²) in [5, 5.41) is 0. The van der Waals surface area contributed by atoms with Crippen LogP contribution in [0, 0.1) is 0 Å². The van der Waals surface area contributed by atoms with Crippen LogP contribution in [0.4, 0.5) is 5.69 Å². The molecule has 0 amide bonds. The van der Waals surface area contributed by atoms with Crippen molar-refractivity contribution in [1.82, 2.24) is 0 Å². The lowest BCUT2D eigenvalue weighted by molar-refractivity contribution is 0.866. The summed E-state index contributed by atoms with van der Waals surface area (Å²) in [4.78, 5) is 2.21. The molecule has 0 aromatic heterocycles. The molecule has 0 aliphatic heterocycles. The number of nitrogens with zero attached hydrogens (tertiary/aromatic N) is 1. The molecule has 0 atom stereocenters. The molecule has 22 heavy (non-hydrogen) atoms. The molecule has 1 aromatic rings. The van der Waals surface area contributed by atoms with Crippen LogP contribution in [0.15, 0.2) is 73.1 Å². The zero-order chi connectivity index (χ0) is 16.5. The third kappa shape index (κ3) is 4.77. The Kier molecular flexibility index (Phi) is 7.45. The first kappa shape index (κ1) is 18.0. The third-order valence-electron chi connectivity index (χ3n) is 3.61. The van der Waals surface area contributed by atoms with E-state index in [4.69, 9.17) is 0 Å². The number of rotatable bonds is 8. The molecule has 1 rings (SSSR count). The third-order valence-corrected chi connectivity index (χ3v) is 3.61. The molecule has 0 spiro atoms. The van der Waals surface area contributed by atoms with Gasteiger partial charge in [0.05, 0.1) is 0 Å². The molecule has 0 fully saturated rings. The van der Waals surface area contributed by atoms with Crippen LogP contribution in [-0.4, -0.2) is 0 Å². The van der Waals surface area contributed by atoms with Crippen LogP contribution in [0.25, 0.3) is 0 Å². The van der Waals surface area contributed by atoms with Gasteiger partial charge in [0.1, 0.15) is 0 Å². The van der Waals surface area contributed by atoms with Crippen molar-refractivity contribution in [2.45, 2.75) is 46.5 Å². The minimum atomic E-state index is 0.542. The molecular weight excluding hydrogens is 266 g/mol. The maximum Gasteiger partial charge on any atom is 0.0458 e. The first-order valence-corrected chi connectivity index (χ1v) is 8.12. The molecule has 0 aliphatic carbocycles. The highest BCUT2D eigenvalue weighted by molar-refractivity contribution is 5.60. The highest BCUT2D eigenvalue weighted by Gasteiger charge is 2.12. The molecule has 0 heterocycles. The molecule has 118 valence electrons. The maximum absolute atomic E-state index is 4.24. The second-order valence-electron chi connectivity index (χ2n) is 5.63. The maximum atomic E-state index is 4.24. The molecule has 1 nitrogen and oxygen atoms in total. The fourth-order valence-corrected chi connectivity index (χ4v) is 2.34. The van der Waals surface area contributed by atoms with Gasteiger partial charge in [0.25, 0.3) is 0 Å². The van der Waals surface area contributed by atoms with Crippen LogP contribution < -0.4 is 4.90 Å². The largest absolute Gasteiger partial charge is 0.315 e. The second-order valence-corrected chi connectivity index (χ2v) is 5.63. The summed E-state index contributed by atoms with van der Waals surface area (Å²) >= 11 is 0. The van der Waals surface area contributed by atoms with E-state index in [0.29, 0.717) is 5.92 Å². The van der Waals surface area contributed by atoms with Gasteiger partial charge < -0.3 is 4.90 Å². The van der Waals surface area contributed by atoms with Crippen LogP contribution in [0.3, 0.4) is 0 Å². The molecule has 0 radical (unpaired) electrons. The predicted octanol–water partition coefficient (Wildman–Crippen LogP) is 6.58. The summed E-state index contributed by atoms with van der Waals surface area (Å²) < 4.78 is 0. The van der Waals surface area contributed by atoms with Crippen LogP contribution in [0.5, 0.6) is 0 Å². The zero-order valence-corrected chi connectivity index (χ0v) is 14.5. The highest BCUT2D eigenvalue weighted by Crippen LogP contribution is 2.28. The van der Waals surface area contributed by atoms with Gasteiger partial charge in [-0.3, -0.25) is 0 Å². The molecule has 0 saturated heterocycles. The average molecular weight is 295 g/mol. The molecule has 1 aromatic carbocycles. The number of hydrogen-bond acceptors (Lipinski definition) is 1. The molecule has 0 bridgehead atoms. The fraction of sp³-hybridized carbons (Fsp3) is 0.333. The standard InChI is InChI=1S/C21H29N/c1-7-10-12-18(6)22(20(9-3)11-8-2)21-15-13-19(14-16-21)17(4)5/h8,10-17H,2,6-7,9H2,1,3-5H3/b12-10-,20-11+. The first-order valence-electron chi connectivity index (χ1n) is 8.12. The van der Waals surface area contributed by atoms with Crippen molar-refractivity contribution in [3.05, 3.63) is 78.7 Å². The number of anilines is 1. The van der Waals surface area contributed by atoms with Crippen molar-refractivity contribution < 1.29 is 0 Å². The summed E-state index contributed by atoms with van der Waals surface area (Å²) in [5.74, 6) is 0.542. The summed E-state index contributed by atoms with van der Waals surface area (Å²) in [6.07, 6.45) is 10.1. The van der Waals surface area contributed by atoms with E-state index in [1.54, 1.807) is 0 Å². The molecule has 0 N–H and O–H groups in total. The summed E-state index contributed by atoms with van der Waals surface area (Å²) in [6, 6.07) is 8.75. The van der Waals surface area contributed by atoms with Gasteiger partial charge in [-0.15, -0.1) is 0 Å². The lowest BCUT2D eigenvalue weighted by Crippen LogP contribution is -2.20. The minimum absolute atomic E-state index is 0.542. The van der Waals surface area contributed by atoms with Gasteiger partial charge in [0, 0.05) is 17.1 Å². The predicted molar refractivity (Wildman–Crippen MR) is 100 cm³/mol. The van der Waals surface area contributed by atoms with Gasteiger partial charge in [0.2, 0.25) is 0 Å². The van der Waals surface area contributed by atoms with Gasteiger partial charge in [-0.05, 0) is 48.6 Å². The van der Waals surface area contributed by atoms with E-state index < -0.39 is 0 Å². The van der Waals surface area contributed by atoms with Gasteiger partial charge in [0.15, 0.2) is 0 Å². The van der Waals surface area contributed by atoms with E-state index >= 15 is 0 Å². The summed E-state index contributed by atoms with van der Waals surface area (Å²) in [5.41, 5.74) is 4.67. The van der Waals surface area contributed by atoms with Gasteiger partial charge in [-0.1, -0.05) is 65.1 Å². The fourth-order valence-electron chi connectivity index (χ4n) is 2.34. The molecule has 1 heteroatoms. The van der Waals surface area contributed by atoms with Gasteiger partial charge in [-0.25, -0.2) is 0 Å². The van der Waals surface area contributed by atoms with Gasteiger partial charge >= 0.3 is 0 Å². The lowest BCUT2D eigenvalue weighted by Gasteiger charge is -2.28. The van der Waals surface area contributed by atoms with E-state index in [1.165, 1.54) is 11.3 Å².